The molecule has 2 fully saturated rings. The molecule has 1 heterocycles. The van der Waals surface area contributed by atoms with E-state index in [2.05, 4.69) is 29.3 Å². The van der Waals surface area contributed by atoms with Crippen LogP contribution in [-0.4, -0.2) is 55.0 Å². The van der Waals surface area contributed by atoms with Crippen LogP contribution in [0.1, 0.15) is 62.1 Å². The molecule has 1 aromatic rings. The number of hydrogen-bond donors (Lipinski definition) is 1. The first-order valence-electron chi connectivity index (χ1n) is 10.3. The van der Waals surface area contributed by atoms with Crippen molar-refractivity contribution in [2.75, 3.05) is 33.7 Å². The van der Waals surface area contributed by atoms with Crippen molar-refractivity contribution in [3.8, 4) is 0 Å². The van der Waals surface area contributed by atoms with Crippen molar-refractivity contribution in [2.45, 2.75) is 63.5 Å². The van der Waals surface area contributed by atoms with E-state index in [4.69, 9.17) is 0 Å². The molecule has 144 valence electrons. The SMILES string of the molecule is Cc1ccccc1C(C(=O)NCC1(N2CCCCC2)CCCC1)N(C)C. The van der Waals surface area contributed by atoms with Crippen molar-refractivity contribution in [2.24, 2.45) is 0 Å². The molecule has 4 nitrogen and oxygen atoms in total. The van der Waals surface area contributed by atoms with E-state index < -0.39 is 0 Å². The molecule has 0 bridgehead atoms. The van der Waals surface area contributed by atoms with Crippen LogP contribution in [0.15, 0.2) is 24.3 Å². The average molecular weight is 358 g/mol. The number of nitrogens with one attached hydrogen (secondary N) is 1. The molecule has 0 radical (unpaired) electrons. The van der Waals surface area contributed by atoms with Gasteiger partial charge in [0.2, 0.25) is 5.91 Å². The van der Waals surface area contributed by atoms with Crippen LogP contribution in [0.5, 0.6) is 0 Å². The Morgan fingerprint density at radius 3 is 2.38 bits per heavy atom. The number of likely N-dealkylation sites (N-methyl/N-ethyl adjacent to an activating group) is 1. The summed E-state index contributed by atoms with van der Waals surface area (Å²) in [6.45, 7) is 5.28. The predicted molar refractivity (Wildman–Crippen MR) is 107 cm³/mol. The second-order valence-electron chi connectivity index (χ2n) is 8.42. The first kappa shape index (κ1) is 19.4. The van der Waals surface area contributed by atoms with E-state index in [-0.39, 0.29) is 17.5 Å². The second kappa shape index (κ2) is 8.53. The largest absolute Gasteiger partial charge is 0.353 e. The molecule has 1 aliphatic heterocycles. The lowest BCUT2D eigenvalue weighted by molar-refractivity contribution is -0.126. The first-order valence-corrected chi connectivity index (χ1v) is 10.3. The Bertz CT molecular complexity index is 601. The molecule has 3 rings (SSSR count). The summed E-state index contributed by atoms with van der Waals surface area (Å²) in [6, 6.07) is 8.00. The summed E-state index contributed by atoms with van der Waals surface area (Å²) in [5, 5.41) is 3.35. The van der Waals surface area contributed by atoms with Crippen molar-refractivity contribution < 1.29 is 4.79 Å². The number of carbonyl (C=O) groups excluding carboxylic acids is 1. The number of aryl methyl sites for hydroxylation is 1. The molecular formula is C22H35N3O. The van der Waals surface area contributed by atoms with Crippen molar-refractivity contribution in [3.05, 3.63) is 35.4 Å². The highest BCUT2D eigenvalue weighted by Crippen LogP contribution is 2.36. The third-order valence-electron chi connectivity index (χ3n) is 6.40. The number of likely N-dealkylation sites (tertiary alicyclic amines) is 1. The van der Waals surface area contributed by atoms with Crippen LogP contribution in [0, 0.1) is 6.92 Å². The maximum atomic E-state index is 13.1. The zero-order valence-corrected chi connectivity index (χ0v) is 16.8. The second-order valence-corrected chi connectivity index (χ2v) is 8.42. The highest BCUT2D eigenvalue weighted by Gasteiger charge is 2.40. The van der Waals surface area contributed by atoms with Gasteiger partial charge in [-0.2, -0.15) is 0 Å². The summed E-state index contributed by atoms with van der Waals surface area (Å²) in [5.41, 5.74) is 2.47. The number of piperidine rings is 1. The minimum atomic E-state index is -0.226. The van der Waals surface area contributed by atoms with Crippen LogP contribution >= 0.6 is 0 Å². The highest BCUT2D eigenvalue weighted by molar-refractivity contribution is 5.83. The maximum Gasteiger partial charge on any atom is 0.242 e. The number of benzene rings is 1. The van der Waals surface area contributed by atoms with Gasteiger partial charge in [0.25, 0.3) is 0 Å². The Hall–Kier alpha value is -1.39. The van der Waals surface area contributed by atoms with Crippen molar-refractivity contribution in [1.29, 1.82) is 0 Å². The van der Waals surface area contributed by atoms with Crippen molar-refractivity contribution in [1.82, 2.24) is 15.1 Å². The third kappa shape index (κ3) is 4.12. The van der Waals surface area contributed by atoms with Gasteiger partial charge < -0.3 is 5.32 Å². The molecule has 0 aromatic heterocycles. The molecule has 1 saturated heterocycles. The van der Waals surface area contributed by atoms with Gasteiger partial charge in [-0.05, 0) is 70.9 Å². The summed E-state index contributed by atoms with van der Waals surface area (Å²) in [6.07, 6.45) is 9.00. The summed E-state index contributed by atoms with van der Waals surface area (Å²) >= 11 is 0. The van der Waals surface area contributed by atoms with Gasteiger partial charge >= 0.3 is 0 Å². The van der Waals surface area contributed by atoms with E-state index in [9.17, 15) is 4.79 Å². The van der Waals surface area contributed by atoms with Crippen molar-refractivity contribution in [3.63, 3.8) is 0 Å². The van der Waals surface area contributed by atoms with Gasteiger partial charge in [0.1, 0.15) is 6.04 Å². The van der Waals surface area contributed by atoms with E-state index in [0.29, 0.717) is 0 Å². The van der Waals surface area contributed by atoms with E-state index >= 15 is 0 Å². The normalized spacial score (nSPS) is 21.7. The van der Waals surface area contributed by atoms with Crippen LogP contribution in [0.4, 0.5) is 0 Å². The Labute approximate surface area is 158 Å². The lowest BCUT2D eigenvalue weighted by Gasteiger charge is -2.44. The lowest BCUT2D eigenvalue weighted by Crippen LogP contribution is -2.56. The van der Waals surface area contributed by atoms with Crippen molar-refractivity contribution >= 4 is 5.91 Å². The fraction of sp³-hybridized carbons (Fsp3) is 0.682. The molecule has 0 spiro atoms. The van der Waals surface area contributed by atoms with E-state index in [0.717, 1.165) is 12.1 Å². The van der Waals surface area contributed by atoms with Gasteiger partial charge in [0.05, 0.1) is 0 Å². The Balaban J connectivity index is 1.71. The average Bonchev–Trinajstić information content (AvgIpc) is 3.13. The minimum Gasteiger partial charge on any atom is -0.353 e. The Kier molecular flexibility index (Phi) is 6.36. The molecule has 1 unspecified atom stereocenters. The molecule has 1 aromatic carbocycles. The maximum absolute atomic E-state index is 13.1. The van der Waals surface area contributed by atoms with Gasteiger partial charge in [-0.25, -0.2) is 0 Å². The van der Waals surface area contributed by atoms with Crippen LogP contribution in [0.25, 0.3) is 0 Å². The van der Waals surface area contributed by atoms with Crippen LogP contribution < -0.4 is 5.32 Å². The smallest absolute Gasteiger partial charge is 0.242 e. The van der Waals surface area contributed by atoms with Crippen LogP contribution in [-0.2, 0) is 4.79 Å². The quantitative estimate of drug-likeness (QED) is 0.846. The molecule has 4 heteroatoms. The predicted octanol–water partition coefficient (Wildman–Crippen LogP) is 3.51. The zero-order chi connectivity index (χ0) is 18.6. The number of amides is 1. The standard InChI is InChI=1S/C22H35N3O/c1-18-11-5-6-12-19(18)20(24(2)3)21(26)23-17-22(13-7-8-14-22)25-15-9-4-10-16-25/h5-6,11-12,20H,4,7-10,13-17H2,1-3H3,(H,23,26). The first-order chi connectivity index (χ1) is 12.5. The molecule has 1 amide bonds. The van der Waals surface area contributed by atoms with Gasteiger partial charge in [-0.3, -0.25) is 14.6 Å². The van der Waals surface area contributed by atoms with Gasteiger partial charge in [-0.15, -0.1) is 0 Å². The molecular weight excluding hydrogens is 322 g/mol. The Morgan fingerprint density at radius 2 is 1.77 bits per heavy atom. The lowest BCUT2D eigenvalue weighted by atomic mass is 9.91. The molecule has 2 aliphatic rings. The molecule has 26 heavy (non-hydrogen) atoms. The number of nitrogens with zero attached hydrogens (tertiary/aromatic N) is 2. The minimum absolute atomic E-state index is 0.132. The monoisotopic (exact) mass is 357 g/mol. The van der Waals surface area contributed by atoms with Crippen LogP contribution in [0.2, 0.25) is 0 Å². The summed E-state index contributed by atoms with van der Waals surface area (Å²) in [5.74, 6) is 0.132. The number of rotatable bonds is 6. The van der Waals surface area contributed by atoms with E-state index in [1.165, 1.54) is 63.6 Å². The van der Waals surface area contributed by atoms with E-state index in [1.54, 1.807) is 0 Å². The third-order valence-corrected chi connectivity index (χ3v) is 6.40. The zero-order valence-electron chi connectivity index (χ0n) is 16.8. The molecule has 1 atom stereocenters. The number of carbonyl (C=O) groups is 1. The van der Waals surface area contributed by atoms with Gasteiger partial charge in [0, 0.05) is 12.1 Å². The van der Waals surface area contributed by atoms with Gasteiger partial charge in [-0.1, -0.05) is 43.5 Å². The fourth-order valence-corrected chi connectivity index (χ4v) is 4.90. The highest BCUT2D eigenvalue weighted by atomic mass is 16.2. The summed E-state index contributed by atoms with van der Waals surface area (Å²) in [4.78, 5) is 17.9. The topological polar surface area (TPSA) is 35.6 Å². The number of hydrogen-bond acceptors (Lipinski definition) is 3. The Morgan fingerprint density at radius 1 is 1.12 bits per heavy atom. The van der Waals surface area contributed by atoms with Gasteiger partial charge in [0.15, 0.2) is 0 Å². The fourth-order valence-electron chi connectivity index (χ4n) is 4.90. The van der Waals surface area contributed by atoms with Crippen LogP contribution in [0.3, 0.4) is 0 Å². The molecule has 1 saturated carbocycles. The molecule has 1 N–H and O–H groups in total. The summed E-state index contributed by atoms with van der Waals surface area (Å²) < 4.78 is 0. The molecule has 1 aliphatic carbocycles. The van der Waals surface area contributed by atoms with E-state index in [1.807, 2.05) is 31.1 Å². The summed E-state index contributed by atoms with van der Waals surface area (Å²) in [7, 11) is 3.99.